The Morgan fingerprint density at radius 1 is 1.16 bits per heavy atom. The van der Waals surface area contributed by atoms with Gasteiger partial charge < -0.3 is 15.6 Å². The van der Waals surface area contributed by atoms with Crippen LogP contribution in [0.3, 0.4) is 0 Å². The number of aliphatic hydroxyl groups excluding tert-OH is 1. The lowest BCUT2D eigenvalue weighted by molar-refractivity contribution is -0.114. The Hall–Kier alpha value is -3.73. The van der Waals surface area contributed by atoms with E-state index in [9.17, 15) is 19.3 Å². The highest BCUT2D eigenvalue weighted by Crippen LogP contribution is 2.37. The van der Waals surface area contributed by atoms with Crippen molar-refractivity contribution in [1.82, 2.24) is 9.97 Å². The van der Waals surface area contributed by atoms with Crippen LogP contribution >= 0.6 is 11.8 Å². The maximum atomic E-state index is 14.0. The van der Waals surface area contributed by atoms with Crippen LogP contribution in [0.15, 0.2) is 53.8 Å². The third-order valence-corrected chi connectivity index (χ3v) is 5.44. The van der Waals surface area contributed by atoms with Crippen molar-refractivity contribution in [2.75, 3.05) is 19.0 Å². The molecular weight excluding hydrogens is 436 g/mol. The van der Waals surface area contributed by atoms with Crippen molar-refractivity contribution >= 4 is 17.6 Å². The summed E-state index contributed by atoms with van der Waals surface area (Å²) in [4.78, 5) is 8.29. The molecule has 1 aromatic carbocycles. The summed E-state index contributed by atoms with van der Waals surface area (Å²) in [6.07, 6.45) is 3.35. The van der Waals surface area contributed by atoms with E-state index in [4.69, 9.17) is 15.6 Å². The zero-order valence-corrected chi connectivity index (χ0v) is 17.4. The zero-order chi connectivity index (χ0) is 23.1. The molecule has 0 bridgehead atoms. The lowest BCUT2D eigenvalue weighted by Crippen LogP contribution is -2.37. The Morgan fingerprint density at radius 2 is 1.88 bits per heavy atom. The second kappa shape index (κ2) is 10.1. The van der Waals surface area contributed by atoms with E-state index in [0.29, 0.717) is 16.3 Å². The highest BCUT2D eigenvalue weighted by Gasteiger charge is 2.31. The van der Waals surface area contributed by atoms with E-state index in [0.717, 1.165) is 5.56 Å². The van der Waals surface area contributed by atoms with Crippen LogP contribution in [0, 0.1) is 22.7 Å². The highest BCUT2D eigenvalue weighted by atomic mass is 32.2. The summed E-state index contributed by atoms with van der Waals surface area (Å²) in [5.74, 6) is -2.44. The number of alkyl halides is 2. The molecule has 0 saturated heterocycles. The summed E-state index contributed by atoms with van der Waals surface area (Å²) in [6, 6.07) is 13.4. The SMILES string of the molecule is N#Cc1c(N)nc(SCc2cccnc2)c(C#N)c1-c1ccc(OC(F)(CO)CF)cc1. The number of benzene rings is 1. The first kappa shape index (κ1) is 22.9. The largest absolute Gasteiger partial charge is 0.453 e. The molecule has 0 amide bonds. The topological polar surface area (TPSA) is 129 Å². The highest BCUT2D eigenvalue weighted by molar-refractivity contribution is 7.98. The third kappa shape index (κ3) is 4.94. The molecule has 0 aliphatic carbocycles. The van der Waals surface area contributed by atoms with Crippen LogP contribution in [-0.4, -0.2) is 34.2 Å². The van der Waals surface area contributed by atoms with Gasteiger partial charge in [0, 0.05) is 23.7 Å². The summed E-state index contributed by atoms with van der Waals surface area (Å²) in [5.41, 5.74) is 7.83. The Kier molecular flexibility index (Phi) is 7.21. The number of aromatic nitrogens is 2. The normalized spacial score (nSPS) is 12.4. The van der Waals surface area contributed by atoms with E-state index in [-0.39, 0.29) is 28.3 Å². The van der Waals surface area contributed by atoms with Crippen LogP contribution in [0.25, 0.3) is 11.1 Å². The van der Waals surface area contributed by atoms with Crippen LogP contribution in [-0.2, 0) is 5.75 Å². The van der Waals surface area contributed by atoms with Crippen molar-refractivity contribution < 1.29 is 18.6 Å². The summed E-state index contributed by atoms with van der Waals surface area (Å²) in [7, 11) is 0. The van der Waals surface area contributed by atoms with Gasteiger partial charge >= 0.3 is 0 Å². The molecule has 0 saturated carbocycles. The van der Waals surface area contributed by atoms with Crippen LogP contribution in [0.2, 0.25) is 0 Å². The number of halogens is 2. The number of aliphatic hydroxyl groups is 1. The van der Waals surface area contributed by atoms with Gasteiger partial charge in [0.25, 0.3) is 5.85 Å². The van der Waals surface area contributed by atoms with E-state index >= 15 is 0 Å². The molecule has 10 heteroatoms. The number of nitriles is 2. The first-order chi connectivity index (χ1) is 15.4. The number of nitrogens with zero attached hydrogens (tertiary/aromatic N) is 4. The van der Waals surface area contributed by atoms with E-state index in [1.807, 2.05) is 12.1 Å². The molecule has 0 fully saturated rings. The second-order valence-corrected chi connectivity index (χ2v) is 7.57. The number of nitrogens with two attached hydrogens (primary N) is 1. The molecule has 1 atom stereocenters. The lowest BCUT2D eigenvalue weighted by atomic mass is 9.97. The summed E-state index contributed by atoms with van der Waals surface area (Å²) < 4.78 is 31.6. The summed E-state index contributed by atoms with van der Waals surface area (Å²) in [6.45, 7) is -2.68. The molecule has 7 nitrogen and oxygen atoms in total. The maximum absolute atomic E-state index is 14.0. The molecule has 1 unspecified atom stereocenters. The van der Waals surface area contributed by atoms with Gasteiger partial charge in [0.05, 0.1) is 5.56 Å². The first-order valence-electron chi connectivity index (χ1n) is 9.25. The van der Waals surface area contributed by atoms with E-state index in [1.165, 1.54) is 36.0 Å². The van der Waals surface area contributed by atoms with Crippen molar-refractivity contribution in [1.29, 1.82) is 10.5 Å². The minimum atomic E-state index is -2.85. The Balaban J connectivity index is 2.00. The van der Waals surface area contributed by atoms with Crippen LogP contribution in [0.1, 0.15) is 16.7 Å². The predicted molar refractivity (Wildman–Crippen MR) is 115 cm³/mol. The number of hydrogen-bond donors (Lipinski definition) is 2. The number of rotatable bonds is 8. The minimum absolute atomic E-state index is 0.0277. The molecule has 0 aliphatic rings. The zero-order valence-electron chi connectivity index (χ0n) is 16.6. The fourth-order valence-electron chi connectivity index (χ4n) is 2.83. The molecule has 3 rings (SSSR count). The van der Waals surface area contributed by atoms with Gasteiger partial charge in [0.2, 0.25) is 0 Å². The monoisotopic (exact) mass is 453 g/mol. The molecule has 2 heterocycles. The van der Waals surface area contributed by atoms with Gasteiger partial charge in [-0.2, -0.15) is 14.9 Å². The standard InChI is InChI=1S/C22H17F2N5O2S/c23-12-22(24,13-30)31-16-5-3-15(4-6-16)19-17(8-25)20(27)29-21(18(19)9-26)32-11-14-2-1-7-28-10-14/h1-7,10,30H,11-13H2,(H2,27,29). The first-order valence-corrected chi connectivity index (χ1v) is 10.2. The predicted octanol–water partition coefficient (Wildman–Crippen LogP) is 3.77. The number of anilines is 1. The fraction of sp³-hybridized carbons (Fsp3) is 0.182. The molecule has 32 heavy (non-hydrogen) atoms. The van der Waals surface area contributed by atoms with Crippen molar-refractivity contribution in [2.45, 2.75) is 16.6 Å². The summed E-state index contributed by atoms with van der Waals surface area (Å²) >= 11 is 1.28. The second-order valence-electron chi connectivity index (χ2n) is 6.60. The van der Waals surface area contributed by atoms with Crippen molar-refractivity contribution in [3.8, 4) is 29.0 Å². The lowest BCUT2D eigenvalue weighted by Gasteiger charge is -2.21. The average Bonchev–Trinajstić information content (AvgIpc) is 2.83. The number of hydrogen-bond acceptors (Lipinski definition) is 8. The molecule has 0 aliphatic heterocycles. The van der Waals surface area contributed by atoms with Gasteiger partial charge in [-0.15, -0.1) is 11.8 Å². The quantitative estimate of drug-likeness (QED) is 0.493. The number of pyridine rings is 2. The molecule has 0 radical (unpaired) electrons. The molecule has 0 spiro atoms. The molecule has 3 N–H and O–H groups in total. The Bertz CT molecular complexity index is 1170. The van der Waals surface area contributed by atoms with E-state index < -0.39 is 19.1 Å². The summed E-state index contributed by atoms with van der Waals surface area (Å²) in [5, 5.41) is 28.8. The van der Waals surface area contributed by atoms with E-state index in [2.05, 4.69) is 16.0 Å². The number of ether oxygens (including phenoxy) is 1. The number of nitrogen functional groups attached to an aromatic ring is 1. The average molecular weight is 453 g/mol. The van der Waals surface area contributed by atoms with Crippen LogP contribution in [0.4, 0.5) is 14.6 Å². The Morgan fingerprint density at radius 3 is 2.44 bits per heavy atom. The van der Waals surface area contributed by atoms with Gasteiger partial charge in [0.1, 0.15) is 40.9 Å². The minimum Gasteiger partial charge on any atom is -0.453 e. The van der Waals surface area contributed by atoms with Gasteiger partial charge in [0.15, 0.2) is 6.67 Å². The molecule has 2 aromatic heterocycles. The molecule has 162 valence electrons. The number of thioether (sulfide) groups is 1. The van der Waals surface area contributed by atoms with Crippen molar-refractivity contribution in [2.24, 2.45) is 0 Å². The fourth-order valence-corrected chi connectivity index (χ4v) is 3.76. The van der Waals surface area contributed by atoms with Crippen molar-refractivity contribution in [3.05, 3.63) is 65.5 Å². The van der Waals surface area contributed by atoms with Gasteiger partial charge in [-0.25, -0.2) is 9.37 Å². The Labute approximate surface area is 187 Å². The molecular formula is C22H17F2N5O2S. The van der Waals surface area contributed by atoms with Crippen LogP contribution < -0.4 is 10.5 Å². The molecule has 3 aromatic rings. The van der Waals surface area contributed by atoms with Gasteiger partial charge in [-0.3, -0.25) is 4.98 Å². The van der Waals surface area contributed by atoms with E-state index in [1.54, 1.807) is 18.5 Å². The van der Waals surface area contributed by atoms with Crippen LogP contribution in [0.5, 0.6) is 5.75 Å². The third-order valence-electron chi connectivity index (χ3n) is 4.39. The van der Waals surface area contributed by atoms with Gasteiger partial charge in [-0.05, 0) is 29.3 Å². The van der Waals surface area contributed by atoms with Gasteiger partial charge in [-0.1, -0.05) is 18.2 Å². The maximum Gasteiger partial charge on any atom is 0.298 e. The van der Waals surface area contributed by atoms with Crippen molar-refractivity contribution in [3.63, 3.8) is 0 Å². The smallest absolute Gasteiger partial charge is 0.298 e.